The van der Waals surface area contributed by atoms with Crippen molar-refractivity contribution in [1.82, 2.24) is 15.2 Å². The number of amides is 1. The molecule has 0 bridgehead atoms. The van der Waals surface area contributed by atoms with E-state index < -0.39 is 11.7 Å². The molecule has 7 nitrogen and oxygen atoms in total. The molecule has 1 saturated heterocycles. The molecule has 0 unspecified atom stereocenters. The third kappa shape index (κ3) is 5.35. The first-order valence-electron chi connectivity index (χ1n) is 11.2. The Morgan fingerprint density at radius 2 is 1.91 bits per heavy atom. The van der Waals surface area contributed by atoms with Gasteiger partial charge in [0.15, 0.2) is 0 Å². The number of primary amides is 1. The van der Waals surface area contributed by atoms with Crippen LogP contribution in [-0.2, 0) is 6.54 Å². The minimum absolute atomic E-state index is 0.0475. The molecule has 1 aromatic heterocycles. The SMILES string of the molecule is COc1c(CN2C[C@@H](C)N[C@@H](C)C2)cccc1-c1cccc(Oc2ncc(F)cc2C(N)=O)c1. The van der Waals surface area contributed by atoms with Gasteiger partial charge >= 0.3 is 0 Å². The molecule has 0 saturated carbocycles. The van der Waals surface area contributed by atoms with Gasteiger partial charge in [-0.25, -0.2) is 9.37 Å². The maximum absolute atomic E-state index is 13.5. The maximum Gasteiger partial charge on any atom is 0.254 e. The van der Waals surface area contributed by atoms with Gasteiger partial charge in [0.25, 0.3) is 5.91 Å². The minimum Gasteiger partial charge on any atom is -0.496 e. The smallest absolute Gasteiger partial charge is 0.254 e. The van der Waals surface area contributed by atoms with E-state index in [-0.39, 0.29) is 11.4 Å². The van der Waals surface area contributed by atoms with Gasteiger partial charge in [0.2, 0.25) is 5.88 Å². The zero-order chi connectivity index (χ0) is 24.2. The van der Waals surface area contributed by atoms with Gasteiger partial charge in [0.1, 0.15) is 22.9 Å². The van der Waals surface area contributed by atoms with Crippen LogP contribution in [-0.4, -0.2) is 48.1 Å². The largest absolute Gasteiger partial charge is 0.496 e. The summed E-state index contributed by atoms with van der Waals surface area (Å²) in [6.45, 7) is 7.11. The highest BCUT2D eigenvalue weighted by molar-refractivity contribution is 5.95. The highest BCUT2D eigenvalue weighted by Crippen LogP contribution is 2.36. The lowest BCUT2D eigenvalue weighted by atomic mass is 10.00. The van der Waals surface area contributed by atoms with Crippen molar-refractivity contribution in [3.05, 3.63) is 71.7 Å². The molecule has 3 N–H and O–H groups in total. The molecule has 3 aromatic rings. The summed E-state index contributed by atoms with van der Waals surface area (Å²) in [7, 11) is 1.67. The number of para-hydroxylation sites is 1. The molecular weight excluding hydrogens is 435 g/mol. The second-order valence-electron chi connectivity index (χ2n) is 8.66. The summed E-state index contributed by atoms with van der Waals surface area (Å²) in [6.07, 6.45) is 0.982. The van der Waals surface area contributed by atoms with Crippen molar-refractivity contribution < 1.29 is 18.7 Å². The van der Waals surface area contributed by atoms with Gasteiger partial charge in [0.05, 0.1) is 13.3 Å². The molecule has 0 aliphatic carbocycles. The number of nitrogens with zero attached hydrogens (tertiary/aromatic N) is 2. The summed E-state index contributed by atoms with van der Waals surface area (Å²) in [5.41, 5.74) is 8.13. The summed E-state index contributed by atoms with van der Waals surface area (Å²) < 4.78 is 25.2. The van der Waals surface area contributed by atoms with Gasteiger partial charge in [-0.2, -0.15) is 0 Å². The van der Waals surface area contributed by atoms with E-state index in [0.29, 0.717) is 17.8 Å². The highest BCUT2D eigenvalue weighted by atomic mass is 19.1. The van der Waals surface area contributed by atoms with Crippen molar-refractivity contribution in [2.24, 2.45) is 5.73 Å². The van der Waals surface area contributed by atoms with Crippen LogP contribution in [0.25, 0.3) is 11.1 Å². The molecule has 0 radical (unpaired) electrons. The van der Waals surface area contributed by atoms with Gasteiger partial charge in [-0.15, -0.1) is 0 Å². The van der Waals surface area contributed by atoms with E-state index in [1.54, 1.807) is 13.2 Å². The Morgan fingerprint density at radius 3 is 2.62 bits per heavy atom. The highest BCUT2D eigenvalue weighted by Gasteiger charge is 2.23. The minimum atomic E-state index is -0.816. The van der Waals surface area contributed by atoms with Gasteiger partial charge in [-0.1, -0.05) is 30.3 Å². The Balaban J connectivity index is 1.63. The van der Waals surface area contributed by atoms with E-state index in [9.17, 15) is 9.18 Å². The molecular formula is C26H29FN4O3. The average Bonchev–Trinajstić information content (AvgIpc) is 2.79. The molecule has 2 aromatic carbocycles. The number of nitrogens with two attached hydrogens (primary N) is 1. The van der Waals surface area contributed by atoms with E-state index in [1.165, 1.54) is 0 Å². The zero-order valence-electron chi connectivity index (χ0n) is 19.5. The van der Waals surface area contributed by atoms with Gasteiger partial charge in [-0.3, -0.25) is 9.69 Å². The number of rotatable bonds is 7. The van der Waals surface area contributed by atoms with E-state index in [2.05, 4.69) is 35.1 Å². The summed E-state index contributed by atoms with van der Waals surface area (Å²) in [5.74, 6) is -0.282. The van der Waals surface area contributed by atoms with E-state index in [0.717, 1.165) is 54.3 Å². The Bertz CT molecular complexity index is 1180. The predicted octanol–water partition coefficient (Wildman–Crippen LogP) is 3.97. The number of carbonyl (C=O) groups is 1. The topological polar surface area (TPSA) is 89.7 Å². The number of hydrogen-bond acceptors (Lipinski definition) is 6. The van der Waals surface area contributed by atoms with Crippen LogP contribution < -0.4 is 20.5 Å². The first kappa shape index (κ1) is 23.7. The van der Waals surface area contributed by atoms with Gasteiger partial charge < -0.3 is 20.5 Å². The number of carbonyl (C=O) groups excluding carboxylic acids is 1. The number of nitrogens with one attached hydrogen (secondary N) is 1. The summed E-state index contributed by atoms with van der Waals surface area (Å²) in [5, 5.41) is 3.56. The molecule has 0 spiro atoms. The molecule has 2 atom stereocenters. The first-order chi connectivity index (χ1) is 16.3. The quantitative estimate of drug-likeness (QED) is 0.550. The lowest BCUT2D eigenvalue weighted by Crippen LogP contribution is -2.53. The van der Waals surface area contributed by atoms with Crippen molar-refractivity contribution in [2.75, 3.05) is 20.2 Å². The Kier molecular flexibility index (Phi) is 7.09. The predicted molar refractivity (Wildman–Crippen MR) is 129 cm³/mol. The van der Waals surface area contributed by atoms with Crippen LogP contribution in [0.4, 0.5) is 4.39 Å². The summed E-state index contributed by atoms with van der Waals surface area (Å²) >= 11 is 0. The standard InChI is InChI=1S/C26H29FN4O3/c1-16-13-31(14-17(2)30-16)15-19-7-5-9-22(24(19)33-3)18-6-4-8-21(10-18)34-26-23(25(28)32)11-20(27)12-29-26/h4-12,16-17,30H,13-15H2,1-3H3,(H2,28,32)/t16-,17+. The molecule has 1 aliphatic rings. The third-order valence-electron chi connectivity index (χ3n) is 5.77. The number of ether oxygens (including phenoxy) is 2. The lowest BCUT2D eigenvalue weighted by molar-refractivity contribution is 0.0997. The number of benzene rings is 2. The van der Waals surface area contributed by atoms with Crippen LogP contribution in [0.2, 0.25) is 0 Å². The molecule has 1 fully saturated rings. The van der Waals surface area contributed by atoms with Crippen molar-refractivity contribution in [3.63, 3.8) is 0 Å². The monoisotopic (exact) mass is 464 g/mol. The van der Waals surface area contributed by atoms with Crippen LogP contribution in [0.3, 0.4) is 0 Å². The second-order valence-corrected chi connectivity index (χ2v) is 8.66. The van der Waals surface area contributed by atoms with Crippen LogP contribution in [0.5, 0.6) is 17.4 Å². The molecule has 2 heterocycles. The summed E-state index contributed by atoms with van der Waals surface area (Å²) in [6, 6.07) is 15.3. The molecule has 8 heteroatoms. The van der Waals surface area contributed by atoms with Crippen molar-refractivity contribution in [3.8, 4) is 28.5 Å². The fourth-order valence-electron chi connectivity index (χ4n) is 4.51. The number of pyridine rings is 1. The fraction of sp³-hybridized carbons (Fsp3) is 0.308. The van der Waals surface area contributed by atoms with E-state index >= 15 is 0 Å². The molecule has 1 amide bonds. The van der Waals surface area contributed by atoms with Crippen LogP contribution in [0.1, 0.15) is 29.8 Å². The van der Waals surface area contributed by atoms with Gasteiger partial charge in [0, 0.05) is 42.8 Å². The van der Waals surface area contributed by atoms with Crippen LogP contribution in [0, 0.1) is 5.82 Å². The zero-order valence-corrected chi connectivity index (χ0v) is 19.5. The fourth-order valence-corrected chi connectivity index (χ4v) is 4.51. The number of hydrogen-bond donors (Lipinski definition) is 2. The Labute approximate surface area is 198 Å². The molecule has 1 aliphatic heterocycles. The van der Waals surface area contributed by atoms with E-state index in [4.69, 9.17) is 15.2 Å². The van der Waals surface area contributed by atoms with Crippen LogP contribution >= 0.6 is 0 Å². The first-order valence-corrected chi connectivity index (χ1v) is 11.2. The van der Waals surface area contributed by atoms with Gasteiger partial charge in [-0.05, 0) is 37.6 Å². The third-order valence-corrected chi connectivity index (χ3v) is 5.77. The molecule has 178 valence electrons. The molecule has 4 rings (SSSR count). The molecule has 34 heavy (non-hydrogen) atoms. The normalized spacial score (nSPS) is 18.5. The average molecular weight is 465 g/mol. The number of piperazine rings is 1. The van der Waals surface area contributed by atoms with Crippen molar-refractivity contribution >= 4 is 5.91 Å². The maximum atomic E-state index is 13.5. The van der Waals surface area contributed by atoms with Crippen molar-refractivity contribution in [2.45, 2.75) is 32.5 Å². The number of halogens is 1. The van der Waals surface area contributed by atoms with E-state index in [1.807, 2.05) is 30.3 Å². The number of aromatic nitrogens is 1. The second kappa shape index (κ2) is 10.2. The van der Waals surface area contributed by atoms with Crippen LogP contribution in [0.15, 0.2) is 54.7 Å². The van der Waals surface area contributed by atoms with Crippen molar-refractivity contribution in [1.29, 1.82) is 0 Å². The Morgan fingerprint density at radius 1 is 1.18 bits per heavy atom. The Hall–Kier alpha value is -3.49. The lowest BCUT2D eigenvalue weighted by Gasteiger charge is -2.36. The number of methoxy groups -OCH3 is 1. The summed E-state index contributed by atoms with van der Waals surface area (Å²) in [4.78, 5) is 18.0.